The third kappa shape index (κ3) is 3.80. The van der Waals surface area contributed by atoms with Crippen molar-refractivity contribution < 1.29 is 4.74 Å². The summed E-state index contributed by atoms with van der Waals surface area (Å²) in [7, 11) is 1.64. The van der Waals surface area contributed by atoms with Crippen LogP contribution in [0.3, 0.4) is 0 Å². The van der Waals surface area contributed by atoms with Gasteiger partial charge in [0, 0.05) is 21.5 Å². The van der Waals surface area contributed by atoms with Crippen LogP contribution < -0.4 is 10.2 Å². The maximum atomic E-state index is 5.99. The second-order valence-electron chi connectivity index (χ2n) is 6.03. The highest BCUT2D eigenvalue weighted by Crippen LogP contribution is 2.26. The van der Waals surface area contributed by atoms with Crippen molar-refractivity contribution in [3.05, 3.63) is 83.4 Å². The van der Waals surface area contributed by atoms with Gasteiger partial charge in [-0.1, -0.05) is 35.9 Å². The summed E-state index contributed by atoms with van der Waals surface area (Å²) in [4.78, 5) is 9.33. The number of hydrazone groups is 1. The highest BCUT2D eigenvalue weighted by molar-refractivity contribution is 6.30. The molecule has 4 aromatic rings. The maximum absolute atomic E-state index is 5.99. The number of hydrogen-bond acceptors (Lipinski definition) is 5. The highest BCUT2D eigenvalue weighted by atomic mass is 35.5. The number of ether oxygens (including phenoxy) is 1. The Labute approximate surface area is 167 Å². The van der Waals surface area contributed by atoms with Crippen LogP contribution in [0, 0.1) is 0 Å². The lowest BCUT2D eigenvalue weighted by molar-refractivity contribution is 0.414. The number of para-hydroxylation sites is 2. The third-order valence-corrected chi connectivity index (χ3v) is 4.47. The van der Waals surface area contributed by atoms with Crippen LogP contribution in [0.2, 0.25) is 5.02 Å². The fourth-order valence-corrected chi connectivity index (χ4v) is 2.95. The van der Waals surface area contributed by atoms with Gasteiger partial charge in [0.15, 0.2) is 11.6 Å². The average Bonchev–Trinajstić information content (AvgIpc) is 2.74. The number of halogens is 1. The summed E-state index contributed by atoms with van der Waals surface area (Å²) in [5, 5.41) is 5.91. The Balaban J connectivity index is 1.71. The molecular formula is C22H17ClN4O. The summed E-state index contributed by atoms with van der Waals surface area (Å²) < 4.78 is 5.35. The molecule has 0 fully saturated rings. The molecule has 28 heavy (non-hydrogen) atoms. The minimum absolute atomic E-state index is 0.602. The molecule has 5 nitrogen and oxygen atoms in total. The fourth-order valence-electron chi connectivity index (χ4n) is 2.83. The molecule has 0 aliphatic heterocycles. The Kier molecular flexibility index (Phi) is 5.17. The molecule has 0 aliphatic carbocycles. The van der Waals surface area contributed by atoms with E-state index in [1.54, 1.807) is 13.3 Å². The van der Waals surface area contributed by atoms with Gasteiger partial charge in [-0.05, 0) is 48.5 Å². The van der Waals surface area contributed by atoms with Crippen molar-refractivity contribution in [1.29, 1.82) is 0 Å². The summed E-state index contributed by atoms with van der Waals surface area (Å²) in [6, 6.07) is 22.9. The van der Waals surface area contributed by atoms with Gasteiger partial charge in [0.2, 0.25) is 0 Å². The van der Waals surface area contributed by atoms with Crippen LogP contribution in [0.4, 0.5) is 5.82 Å². The van der Waals surface area contributed by atoms with Crippen molar-refractivity contribution in [2.45, 2.75) is 0 Å². The number of methoxy groups -OCH3 is 1. The second kappa shape index (κ2) is 8.06. The molecule has 6 heteroatoms. The first-order valence-electron chi connectivity index (χ1n) is 8.69. The molecular weight excluding hydrogens is 372 g/mol. The van der Waals surface area contributed by atoms with Crippen LogP contribution in [0.25, 0.3) is 22.3 Å². The van der Waals surface area contributed by atoms with Crippen molar-refractivity contribution in [1.82, 2.24) is 9.97 Å². The molecule has 0 atom stereocenters. The fraction of sp³-hybridized carbons (Fsp3) is 0.0455. The summed E-state index contributed by atoms with van der Waals surface area (Å²) in [6.45, 7) is 0. The number of nitrogens with one attached hydrogen (secondary N) is 1. The SMILES string of the molecule is COc1ccccc1/C=N\Nc1nc(-c2ccc(Cl)cc2)nc2ccccc12. The van der Waals surface area contributed by atoms with E-state index < -0.39 is 0 Å². The molecule has 0 radical (unpaired) electrons. The number of nitrogens with zero attached hydrogens (tertiary/aromatic N) is 3. The Bertz CT molecular complexity index is 1140. The van der Waals surface area contributed by atoms with Crippen LogP contribution in [0.1, 0.15) is 5.56 Å². The largest absolute Gasteiger partial charge is 0.496 e. The van der Waals surface area contributed by atoms with Crippen LogP contribution in [0.15, 0.2) is 77.9 Å². The molecule has 0 amide bonds. The van der Waals surface area contributed by atoms with Crippen molar-refractivity contribution >= 4 is 34.5 Å². The average molecular weight is 389 g/mol. The van der Waals surface area contributed by atoms with Crippen molar-refractivity contribution in [2.24, 2.45) is 5.10 Å². The molecule has 1 N–H and O–H groups in total. The van der Waals surface area contributed by atoms with Crippen LogP contribution in [-0.2, 0) is 0 Å². The van der Waals surface area contributed by atoms with Crippen LogP contribution >= 0.6 is 11.6 Å². The predicted octanol–water partition coefficient (Wildman–Crippen LogP) is 5.40. The van der Waals surface area contributed by atoms with E-state index in [0.29, 0.717) is 16.7 Å². The maximum Gasteiger partial charge on any atom is 0.162 e. The number of hydrogen-bond donors (Lipinski definition) is 1. The standard InChI is InChI=1S/C22H17ClN4O/c1-28-20-9-5-2-6-16(20)14-24-27-22-18-7-3-4-8-19(18)25-21(26-22)15-10-12-17(23)13-11-15/h2-14H,1H3,(H,25,26,27)/b24-14-. The quantitative estimate of drug-likeness (QED) is 0.367. The normalized spacial score (nSPS) is 11.1. The third-order valence-electron chi connectivity index (χ3n) is 4.22. The molecule has 0 saturated carbocycles. The molecule has 0 spiro atoms. The monoisotopic (exact) mass is 388 g/mol. The van der Waals surface area contributed by atoms with Gasteiger partial charge < -0.3 is 4.74 Å². The predicted molar refractivity (Wildman–Crippen MR) is 114 cm³/mol. The minimum atomic E-state index is 0.602. The summed E-state index contributed by atoms with van der Waals surface area (Å²) >= 11 is 5.99. The first-order chi connectivity index (χ1) is 13.7. The molecule has 0 unspecified atom stereocenters. The summed E-state index contributed by atoms with van der Waals surface area (Å²) in [6.07, 6.45) is 1.71. The van der Waals surface area contributed by atoms with E-state index in [1.807, 2.05) is 72.8 Å². The Morgan fingerprint density at radius 1 is 0.929 bits per heavy atom. The van der Waals surface area contributed by atoms with E-state index in [2.05, 4.69) is 20.5 Å². The van der Waals surface area contributed by atoms with E-state index in [4.69, 9.17) is 16.3 Å². The first kappa shape index (κ1) is 17.9. The number of anilines is 1. The van der Waals surface area contributed by atoms with Gasteiger partial charge in [0.05, 0.1) is 18.8 Å². The van der Waals surface area contributed by atoms with E-state index in [9.17, 15) is 0 Å². The van der Waals surface area contributed by atoms with Crippen LogP contribution in [-0.4, -0.2) is 23.3 Å². The van der Waals surface area contributed by atoms with Gasteiger partial charge in [-0.2, -0.15) is 5.10 Å². The second-order valence-corrected chi connectivity index (χ2v) is 6.47. The van der Waals surface area contributed by atoms with Gasteiger partial charge in [0.25, 0.3) is 0 Å². The van der Waals surface area contributed by atoms with Gasteiger partial charge in [0.1, 0.15) is 5.75 Å². The molecule has 4 rings (SSSR count). The Morgan fingerprint density at radius 2 is 1.68 bits per heavy atom. The van der Waals surface area contributed by atoms with Crippen LogP contribution in [0.5, 0.6) is 5.75 Å². The highest BCUT2D eigenvalue weighted by Gasteiger charge is 2.09. The lowest BCUT2D eigenvalue weighted by Crippen LogP contribution is -1.99. The van der Waals surface area contributed by atoms with Crippen molar-refractivity contribution in [3.8, 4) is 17.1 Å². The topological polar surface area (TPSA) is 59.4 Å². The molecule has 138 valence electrons. The minimum Gasteiger partial charge on any atom is -0.496 e. The van der Waals surface area contributed by atoms with Gasteiger partial charge in [-0.15, -0.1) is 0 Å². The van der Waals surface area contributed by atoms with E-state index in [-0.39, 0.29) is 0 Å². The molecule has 1 heterocycles. The number of benzene rings is 3. The number of rotatable bonds is 5. The zero-order chi connectivity index (χ0) is 19.3. The molecule has 0 bridgehead atoms. The first-order valence-corrected chi connectivity index (χ1v) is 9.07. The van der Waals surface area contributed by atoms with Gasteiger partial charge in [-0.25, -0.2) is 9.97 Å². The van der Waals surface area contributed by atoms with E-state index in [1.165, 1.54) is 0 Å². The molecule has 0 saturated heterocycles. The molecule has 3 aromatic carbocycles. The lowest BCUT2D eigenvalue weighted by Gasteiger charge is -2.08. The van der Waals surface area contributed by atoms with Crippen molar-refractivity contribution in [3.63, 3.8) is 0 Å². The molecule has 0 aliphatic rings. The van der Waals surface area contributed by atoms with E-state index >= 15 is 0 Å². The zero-order valence-corrected chi connectivity index (χ0v) is 15.9. The smallest absolute Gasteiger partial charge is 0.162 e. The van der Waals surface area contributed by atoms with Crippen molar-refractivity contribution in [2.75, 3.05) is 12.5 Å². The molecule has 1 aromatic heterocycles. The lowest BCUT2D eigenvalue weighted by atomic mass is 10.2. The van der Waals surface area contributed by atoms with Gasteiger partial charge in [-0.3, -0.25) is 5.43 Å². The zero-order valence-electron chi connectivity index (χ0n) is 15.1. The Morgan fingerprint density at radius 3 is 2.50 bits per heavy atom. The van der Waals surface area contributed by atoms with Gasteiger partial charge >= 0.3 is 0 Å². The summed E-state index contributed by atoms with van der Waals surface area (Å²) in [5.41, 5.74) is 5.63. The number of fused-ring (bicyclic) bond motifs is 1. The number of aromatic nitrogens is 2. The Hall–Kier alpha value is -3.44. The summed E-state index contributed by atoms with van der Waals surface area (Å²) in [5.74, 6) is 1.98. The van der Waals surface area contributed by atoms with E-state index in [0.717, 1.165) is 27.8 Å².